The number of nitrogens with one attached hydrogen (secondary N) is 2. The molecular weight excluding hydrogens is 446 g/mol. The molecule has 0 radical (unpaired) electrons. The Morgan fingerprint density at radius 2 is 1.90 bits per heavy atom. The Labute approximate surface area is 186 Å². The van der Waals surface area contributed by atoms with E-state index in [1.54, 1.807) is 24.3 Å². The van der Waals surface area contributed by atoms with E-state index in [4.69, 9.17) is 16.3 Å². The van der Waals surface area contributed by atoms with Crippen LogP contribution in [0.5, 0.6) is 11.5 Å². The van der Waals surface area contributed by atoms with Gasteiger partial charge in [0.05, 0.1) is 22.2 Å². The number of hydrogen-bond donors (Lipinski definition) is 3. The maximum Gasteiger partial charge on any atom is 0.251 e. The fraction of sp³-hybridized carbons (Fsp3) is 0.136. The van der Waals surface area contributed by atoms with Gasteiger partial charge in [0.1, 0.15) is 23.1 Å². The summed E-state index contributed by atoms with van der Waals surface area (Å²) in [5, 5.41) is 13.0. The van der Waals surface area contributed by atoms with Gasteiger partial charge in [0, 0.05) is 23.7 Å². The highest BCUT2D eigenvalue weighted by Crippen LogP contribution is 2.38. The minimum absolute atomic E-state index is 0.00224. The quantitative estimate of drug-likeness (QED) is 0.378. The molecule has 0 saturated heterocycles. The Morgan fingerprint density at radius 3 is 2.74 bits per heavy atom. The first-order valence-corrected chi connectivity index (χ1v) is 10.6. The number of benzene rings is 3. The van der Waals surface area contributed by atoms with Crippen LogP contribution in [0.2, 0.25) is 5.02 Å². The lowest BCUT2D eigenvalue weighted by Crippen LogP contribution is -2.25. The van der Waals surface area contributed by atoms with Gasteiger partial charge in [-0.25, -0.2) is 8.78 Å². The van der Waals surface area contributed by atoms with Gasteiger partial charge in [0.15, 0.2) is 0 Å². The lowest BCUT2D eigenvalue weighted by Gasteiger charge is -2.13. The van der Waals surface area contributed by atoms with E-state index in [0.29, 0.717) is 30.9 Å². The van der Waals surface area contributed by atoms with Crippen molar-refractivity contribution in [3.8, 4) is 22.6 Å². The zero-order valence-corrected chi connectivity index (χ0v) is 17.6. The molecule has 0 unspecified atom stereocenters. The normalized spacial score (nSPS) is 14.1. The number of halogens is 3. The highest BCUT2D eigenvalue weighted by molar-refractivity contribution is 8.00. The van der Waals surface area contributed by atoms with E-state index < -0.39 is 11.6 Å². The molecule has 0 saturated carbocycles. The molecule has 4 rings (SSSR count). The smallest absolute Gasteiger partial charge is 0.251 e. The number of amides is 1. The summed E-state index contributed by atoms with van der Waals surface area (Å²) in [4.78, 5) is 12.7. The second-order valence-corrected chi connectivity index (χ2v) is 8.06. The average Bonchev–Trinajstić information content (AvgIpc) is 2.75. The molecule has 3 N–H and O–H groups in total. The van der Waals surface area contributed by atoms with E-state index in [9.17, 15) is 18.7 Å². The van der Waals surface area contributed by atoms with E-state index >= 15 is 0 Å². The second kappa shape index (κ2) is 9.03. The van der Waals surface area contributed by atoms with Crippen molar-refractivity contribution in [2.24, 2.45) is 0 Å². The topological polar surface area (TPSA) is 70.6 Å². The lowest BCUT2D eigenvalue weighted by atomic mass is 10.0. The molecule has 5 nitrogen and oxygen atoms in total. The highest BCUT2D eigenvalue weighted by atomic mass is 35.5. The fourth-order valence-corrected chi connectivity index (χ4v) is 4.10. The summed E-state index contributed by atoms with van der Waals surface area (Å²) in [6, 6.07) is 11.7. The highest BCUT2D eigenvalue weighted by Gasteiger charge is 2.17. The summed E-state index contributed by atoms with van der Waals surface area (Å²) in [7, 11) is 0. The van der Waals surface area contributed by atoms with Crippen molar-refractivity contribution in [1.82, 2.24) is 5.32 Å². The molecule has 3 aromatic rings. The SMILES string of the molecule is O=C1NCCCOc2cccc(c2)-c2cc(c(F)cc2F)NSc2cc1cc(Cl)c2O. The Bertz CT molecular complexity index is 1160. The summed E-state index contributed by atoms with van der Waals surface area (Å²) in [5.41, 5.74) is 0.951. The predicted molar refractivity (Wildman–Crippen MR) is 117 cm³/mol. The Balaban J connectivity index is 1.77. The first-order chi connectivity index (χ1) is 14.9. The van der Waals surface area contributed by atoms with Crippen LogP contribution in [0.25, 0.3) is 11.1 Å². The first-order valence-electron chi connectivity index (χ1n) is 9.38. The van der Waals surface area contributed by atoms with E-state index in [-0.39, 0.29) is 38.4 Å². The molecular formula is C22H17ClF2N2O3S. The van der Waals surface area contributed by atoms with Gasteiger partial charge in [-0.3, -0.25) is 4.79 Å². The molecule has 9 heteroatoms. The summed E-state index contributed by atoms with van der Waals surface area (Å²) in [5.74, 6) is -1.61. The van der Waals surface area contributed by atoms with Crippen LogP contribution in [0.1, 0.15) is 16.8 Å². The third-order valence-electron chi connectivity index (χ3n) is 4.64. The van der Waals surface area contributed by atoms with Gasteiger partial charge >= 0.3 is 0 Å². The number of phenolic OH excluding ortho intramolecular Hbond substituents is 1. The van der Waals surface area contributed by atoms with Gasteiger partial charge in [-0.15, -0.1) is 0 Å². The molecule has 3 aromatic carbocycles. The van der Waals surface area contributed by atoms with Crippen LogP contribution in [-0.2, 0) is 0 Å². The number of hydrogen-bond acceptors (Lipinski definition) is 5. The summed E-state index contributed by atoms with van der Waals surface area (Å²) in [6.45, 7) is 0.693. The van der Waals surface area contributed by atoms with Crippen molar-refractivity contribution >= 4 is 35.1 Å². The van der Waals surface area contributed by atoms with Crippen LogP contribution >= 0.6 is 23.5 Å². The lowest BCUT2D eigenvalue weighted by molar-refractivity contribution is 0.0951. The van der Waals surface area contributed by atoms with Gasteiger partial charge in [0.25, 0.3) is 5.91 Å². The largest absolute Gasteiger partial charge is 0.505 e. The number of carbonyl (C=O) groups is 1. The van der Waals surface area contributed by atoms with E-state index in [0.717, 1.165) is 18.0 Å². The number of anilines is 1. The molecule has 1 aliphatic rings. The molecule has 0 aromatic heterocycles. The summed E-state index contributed by atoms with van der Waals surface area (Å²) >= 11 is 6.92. The molecule has 0 fully saturated rings. The monoisotopic (exact) mass is 462 g/mol. The number of ether oxygens (including phenoxy) is 1. The number of phenols is 1. The molecule has 160 valence electrons. The minimum Gasteiger partial charge on any atom is -0.505 e. The van der Waals surface area contributed by atoms with Gasteiger partial charge in [-0.2, -0.15) is 0 Å². The third kappa shape index (κ3) is 4.70. The van der Waals surface area contributed by atoms with E-state index in [2.05, 4.69) is 10.0 Å². The number of aromatic hydroxyl groups is 1. The maximum absolute atomic E-state index is 14.5. The van der Waals surface area contributed by atoms with E-state index in [1.165, 1.54) is 18.2 Å². The standard InChI is InChI=1S/C22H17ClF2N2O3S/c23-16-8-13-9-20(21(16)28)31-27-19-10-15(17(24)11-18(19)25)12-3-1-4-14(7-12)30-6-2-5-26-22(13)29/h1,3-4,7-11,27-28H,2,5-6H2,(H,26,29). The fourth-order valence-electron chi connectivity index (χ4n) is 3.06. The van der Waals surface area contributed by atoms with Gasteiger partial charge in [-0.05, 0) is 54.3 Å². The molecule has 0 aliphatic carbocycles. The number of carbonyl (C=O) groups excluding carboxylic acids is 1. The molecule has 6 bridgehead atoms. The Hall–Kier alpha value is -2.97. The van der Waals surface area contributed by atoms with Gasteiger partial charge in [-0.1, -0.05) is 23.7 Å². The maximum atomic E-state index is 14.5. The second-order valence-electron chi connectivity index (χ2n) is 6.81. The minimum atomic E-state index is -0.807. The third-order valence-corrected chi connectivity index (χ3v) is 5.78. The van der Waals surface area contributed by atoms with Crippen LogP contribution in [0.4, 0.5) is 14.5 Å². The Kier molecular flexibility index (Phi) is 6.20. The molecule has 1 aliphatic heterocycles. The molecule has 0 spiro atoms. The molecule has 0 atom stereocenters. The van der Waals surface area contributed by atoms with Crippen molar-refractivity contribution in [2.45, 2.75) is 11.3 Å². The average molecular weight is 463 g/mol. The number of fused-ring (bicyclic) bond motifs is 7. The Morgan fingerprint density at radius 1 is 1.06 bits per heavy atom. The van der Waals surface area contributed by atoms with E-state index in [1.807, 2.05) is 0 Å². The molecule has 1 heterocycles. The molecule has 1 amide bonds. The van der Waals surface area contributed by atoms with Crippen molar-refractivity contribution in [2.75, 3.05) is 17.9 Å². The number of rotatable bonds is 0. The summed E-state index contributed by atoms with van der Waals surface area (Å²) in [6.07, 6.45) is 0.542. The molecule has 31 heavy (non-hydrogen) atoms. The predicted octanol–water partition coefficient (Wildman–Crippen LogP) is 5.62. The van der Waals surface area contributed by atoms with Crippen molar-refractivity contribution in [1.29, 1.82) is 0 Å². The van der Waals surface area contributed by atoms with Crippen LogP contribution < -0.4 is 14.8 Å². The zero-order valence-electron chi connectivity index (χ0n) is 16.0. The van der Waals surface area contributed by atoms with Crippen LogP contribution in [0.15, 0.2) is 53.4 Å². The zero-order chi connectivity index (χ0) is 22.0. The first kappa shape index (κ1) is 21.3. The van der Waals surface area contributed by atoms with Crippen LogP contribution in [0.3, 0.4) is 0 Å². The van der Waals surface area contributed by atoms with Crippen LogP contribution in [0, 0.1) is 11.6 Å². The van der Waals surface area contributed by atoms with Crippen molar-refractivity contribution < 1.29 is 23.4 Å². The van der Waals surface area contributed by atoms with Crippen molar-refractivity contribution in [3.63, 3.8) is 0 Å². The van der Waals surface area contributed by atoms with Crippen LogP contribution in [-0.4, -0.2) is 24.2 Å². The van der Waals surface area contributed by atoms with Gasteiger partial charge in [0.2, 0.25) is 0 Å². The van der Waals surface area contributed by atoms with Gasteiger partial charge < -0.3 is 19.9 Å². The summed E-state index contributed by atoms with van der Waals surface area (Å²) < 4.78 is 37.4. The van der Waals surface area contributed by atoms with Crippen molar-refractivity contribution in [3.05, 3.63) is 70.8 Å².